The quantitative estimate of drug-likeness (QED) is 0.767. The van der Waals surface area contributed by atoms with Crippen LogP contribution >= 0.6 is 0 Å². The Kier molecular flexibility index (Phi) is 4.76. The summed E-state index contributed by atoms with van der Waals surface area (Å²) in [6.45, 7) is 7.32. The average molecular weight is 259 g/mol. The van der Waals surface area contributed by atoms with E-state index in [0.717, 1.165) is 25.2 Å². The van der Waals surface area contributed by atoms with Crippen LogP contribution in [0.25, 0.3) is 0 Å². The summed E-state index contributed by atoms with van der Waals surface area (Å²) in [5, 5.41) is 0. The minimum atomic E-state index is -0.300. The number of nitrogens with zero attached hydrogens (tertiary/aromatic N) is 1. The number of benzene rings is 1. The number of hydrogen-bond donors (Lipinski definition) is 0. The molecule has 1 heterocycles. The van der Waals surface area contributed by atoms with Crippen molar-refractivity contribution in [1.29, 1.82) is 0 Å². The summed E-state index contributed by atoms with van der Waals surface area (Å²) in [7, 11) is 0. The fraction of sp³-hybridized carbons (Fsp3) is 0.588. The molecular weight excluding hydrogens is 234 g/mol. The maximum absolute atomic E-state index is 12.6. The molecule has 0 spiro atoms. The molecule has 1 aliphatic rings. The van der Waals surface area contributed by atoms with Gasteiger partial charge in [-0.15, -0.1) is 0 Å². The first-order valence-electron chi connectivity index (χ1n) is 7.42. The lowest BCUT2D eigenvalue weighted by Gasteiger charge is -2.31. The summed E-state index contributed by atoms with van der Waals surface area (Å²) >= 11 is 0. The minimum absolute atomic E-state index is 0.261. The normalized spacial score (nSPS) is 18.0. The third-order valence-corrected chi connectivity index (χ3v) is 3.97. The number of Topliss-reactive ketones (excluding diaryl/α,β-unsaturated/α-hetero) is 1. The Morgan fingerprint density at radius 1 is 1.05 bits per heavy atom. The van der Waals surface area contributed by atoms with Gasteiger partial charge >= 0.3 is 0 Å². The molecule has 104 valence electrons. The minimum Gasteiger partial charge on any atom is -0.302 e. The predicted octanol–water partition coefficient (Wildman–Crippen LogP) is 3.77. The van der Waals surface area contributed by atoms with Crippen LogP contribution < -0.4 is 0 Å². The first-order chi connectivity index (χ1) is 9.09. The Bertz CT molecular complexity index is 403. The van der Waals surface area contributed by atoms with Gasteiger partial charge in [0, 0.05) is 17.5 Å². The fourth-order valence-electron chi connectivity index (χ4n) is 2.91. The van der Waals surface area contributed by atoms with E-state index in [1.807, 2.05) is 30.3 Å². The number of carbonyl (C=O) groups is 1. The van der Waals surface area contributed by atoms with Gasteiger partial charge in [-0.05, 0) is 25.9 Å². The second-order valence-electron chi connectivity index (χ2n) is 6.27. The molecule has 0 aliphatic carbocycles. The molecule has 0 radical (unpaired) electrons. The van der Waals surface area contributed by atoms with Gasteiger partial charge < -0.3 is 4.90 Å². The van der Waals surface area contributed by atoms with Gasteiger partial charge in [-0.2, -0.15) is 0 Å². The van der Waals surface area contributed by atoms with Crippen molar-refractivity contribution in [3.8, 4) is 0 Å². The molecule has 1 aromatic rings. The molecule has 0 N–H and O–H groups in total. The molecule has 0 atom stereocenters. The van der Waals surface area contributed by atoms with Crippen LogP contribution in [0.5, 0.6) is 0 Å². The van der Waals surface area contributed by atoms with Crippen molar-refractivity contribution in [3.63, 3.8) is 0 Å². The van der Waals surface area contributed by atoms with E-state index in [1.54, 1.807) is 0 Å². The molecule has 2 nitrogen and oxygen atoms in total. The standard InChI is InChI=1S/C17H25NO/c1-17(2,14-18-12-8-3-4-9-13-18)16(19)15-10-6-5-7-11-15/h5-7,10-11H,3-4,8-9,12-14H2,1-2H3. The second kappa shape index (κ2) is 6.33. The topological polar surface area (TPSA) is 20.3 Å². The SMILES string of the molecule is CC(C)(CN1CCCCCC1)C(=O)c1ccccc1. The number of likely N-dealkylation sites (tertiary alicyclic amines) is 1. The van der Waals surface area contributed by atoms with Crippen molar-refractivity contribution in [2.24, 2.45) is 5.41 Å². The molecule has 1 aromatic carbocycles. The molecule has 1 fully saturated rings. The molecule has 19 heavy (non-hydrogen) atoms. The molecule has 0 unspecified atom stereocenters. The van der Waals surface area contributed by atoms with Gasteiger partial charge in [0.15, 0.2) is 5.78 Å². The van der Waals surface area contributed by atoms with Crippen LogP contribution in [0.1, 0.15) is 49.9 Å². The molecule has 1 saturated heterocycles. The van der Waals surface area contributed by atoms with Crippen LogP contribution in [-0.4, -0.2) is 30.3 Å². The van der Waals surface area contributed by atoms with Crippen molar-refractivity contribution in [1.82, 2.24) is 4.90 Å². The van der Waals surface area contributed by atoms with Crippen molar-refractivity contribution in [2.45, 2.75) is 39.5 Å². The molecule has 0 amide bonds. The van der Waals surface area contributed by atoms with E-state index in [0.29, 0.717) is 0 Å². The number of rotatable bonds is 4. The van der Waals surface area contributed by atoms with E-state index in [2.05, 4.69) is 18.7 Å². The highest BCUT2D eigenvalue weighted by Crippen LogP contribution is 2.24. The van der Waals surface area contributed by atoms with Crippen LogP contribution in [0.15, 0.2) is 30.3 Å². The van der Waals surface area contributed by atoms with Gasteiger partial charge in [0.25, 0.3) is 0 Å². The molecule has 2 heteroatoms. The Morgan fingerprint density at radius 3 is 2.21 bits per heavy atom. The van der Waals surface area contributed by atoms with Gasteiger partial charge in [-0.3, -0.25) is 4.79 Å². The predicted molar refractivity (Wildman–Crippen MR) is 79.5 cm³/mol. The van der Waals surface area contributed by atoms with Crippen LogP contribution in [0, 0.1) is 5.41 Å². The van der Waals surface area contributed by atoms with E-state index in [-0.39, 0.29) is 11.2 Å². The Morgan fingerprint density at radius 2 is 1.63 bits per heavy atom. The lowest BCUT2D eigenvalue weighted by molar-refractivity contribution is 0.0767. The van der Waals surface area contributed by atoms with Crippen molar-refractivity contribution in [2.75, 3.05) is 19.6 Å². The van der Waals surface area contributed by atoms with Crippen molar-refractivity contribution >= 4 is 5.78 Å². The van der Waals surface area contributed by atoms with Gasteiger partial charge in [0.1, 0.15) is 0 Å². The first kappa shape index (κ1) is 14.3. The maximum Gasteiger partial charge on any atom is 0.169 e. The number of ketones is 1. The lowest BCUT2D eigenvalue weighted by atomic mass is 9.83. The zero-order valence-corrected chi connectivity index (χ0v) is 12.2. The molecule has 0 bridgehead atoms. The van der Waals surface area contributed by atoms with Crippen LogP contribution in [0.3, 0.4) is 0 Å². The van der Waals surface area contributed by atoms with Crippen molar-refractivity contribution < 1.29 is 4.79 Å². The van der Waals surface area contributed by atoms with Gasteiger partial charge in [0.2, 0.25) is 0 Å². The van der Waals surface area contributed by atoms with Crippen LogP contribution in [-0.2, 0) is 0 Å². The van der Waals surface area contributed by atoms with E-state index in [4.69, 9.17) is 0 Å². The van der Waals surface area contributed by atoms with Crippen LogP contribution in [0.2, 0.25) is 0 Å². The summed E-state index contributed by atoms with van der Waals surface area (Å²) < 4.78 is 0. The average Bonchev–Trinajstić information content (AvgIpc) is 2.67. The van der Waals surface area contributed by atoms with Gasteiger partial charge in [0.05, 0.1) is 0 Å². The van der Waals surface area contributed by atoms with Gasteiger partial charge in [-0.25, -0.2) is 0 Å². The summed E-state index contributed by atoms with van der Waals surface area (Å²) in [6.07, 6.45) is 5.22. The largest absolute Gasteiger partial charge is 0.302 e. The zero-order valence-electron chi connectivity index (χ0n) is 12.2. The highest BCUT2D eigenvalue weighted by Gasteiger charge is 2.30. The zero-order chi connectivity index (χ0) is 13.7. The summed E-state index contributed by atoms with van der Waals surface area (Å²) in [5.74, 6) is 0.261. The Hall–Kier alpha value is -1.15. The third-order valence-electron chi connectivity index (χ3n) is 3.97. The highest BCUT2D eigenvalue weighted by atomic mass is 16.1. The summed E-state index contributed by atoms with van der Waals surface area (Å²) in [4.78, 5) is 15.1. The molecule has 0 saturated carbocycles. The molecule has 1 aliphatic heterocycles. The van der Waals surface area contributed by atoms with Gasteiger partial charge in [-0.1, -0.05) is 57.0 Å². The number of hydrogen-bond acceptors (Lipinski definition) is 2. The van der Waals surface area contributed by atoms with Crippen LogP contribution in [0.4, 0.5) is 0 Å². The molecule has 2 rings (SSSR count). The highest BCUT2D eigenvalue weighted by molar-refractivity contribution is 6.00. The third kappa shape index (κ3) is 3.90. The smallest absolute Gasteiger partial charge is 0.169 e. The second-order valence-corrected chi connectivity index (χ2v) is 6.27. The summed E-state index contributed by atoms with van der Waals surface area (Å²) in [5.41, 5.74) is 0.536. The Labute approximate surface area is 116 Å². The fourth-order valence-corrected chi connectivity index (χ4v) is 2.91. The van der Waals surface area contributed by atoms with E-state index >= 15 is 0 Å². The van der Waals surface area contributed by atoms with Crippen molar-refractivity contribution in [3.05, 3.63) is 35.9 Å². The molecular formula is C17H25NO. The lowest BCUT2D eigenvalue weighted by Crippen LogP contribution is -2.39. The van der Waals surface area contributed by atoms with E-state index in [9.17, 15) is 4.79 Å². The first-order valence-corrected chi connectivity index (χ1v) is 7.42. The van der Waals surface area contributed by atoms with E-state index in [1.165, 1.54) is 25.7 Å². The monoisotopic (exact) mass is 259 g/mol. The molecule has 0 aromatic heterocycles. The summed E-state index contributed by atoms with van der Waals surface area (Å²) in [6, 6.07) is 9.68. The maximum atomic E-state index is 12.6. The van der Waals surface area contributed by atoms with E-state index < -0.39 is 0 Å². The Balaban J connectivity index is 2.02. The number of carbonyl (C=O) groups excluding carboxylic acids is 1.